The van der Waals surface area contributed by atoms with Gasteiger partial charge in [-0.05, 0) is 6.07 Å². The average Bonchev–Trinajstić information content (AvgIpc) is 2.39. The van der Waals surface area contributed by atoms with E-state index >= 15 is 0 Å². The van der Waals surface area contributed by atoms with Crippen LogP contribution in [0, 0.1) is 0 Å². The molecular weight excluding hydrogens is 262 g/mol. The van der Waals surface area contributed by atoms with Crippen molar-refractivity contribution in [2.75, 3.05) is 5.32 Å². The van der Waals surface area contributed by atoms with Crippen LogP contribution >= 0.6 is 15.9 Å². The molecule has 0 bridgehead atoms. The summed E-state index contributed by atoms with van der Waals surface area (Å²) in [4.78, 5) is 22.4. The lowest BCUT2D eigenvalue weighted by Gasteiger charge is -2.16. The molecule has 2 N–H and O–H groups in total. The van der Waals surface area contributed by atoms with Gasteiger partial charge in [-0.25, -0.2) is 0 Å². The van der Waals surface area contributed by atoms with Crippen molar-refractivity contribution < 1.29 is 14.7 Å². The van der Waals surface area contributed by atoms with Crippen LogP contribution in [-0.4, -0.2) is 17.0 Å². The van der Waals surface area contributed by atoms with Crippen molar-refractivity contribution in [3.8, 4) is 0 Å². The number of hydrogen-bond donors (Lipinski definition) is 2. The Kier molecular flexibility index (Phi) is 2.26. The van der Waals surface area contributed by atoms with Crippen LogP contribution in [0.5, 0.6) is 0 Å². The highest BCUT2D eigenvalue weighted by Gasteiger charge is 2.46. The highest BCUT2D eigenvalue weighted by molar-refractivity contribution is 9.10. The Morgan fingerprint density at radius 3 is 2.80 bits per heavy atom. The van der Waals surface area contributed by atoms with Crippen LogP contribution in [0.3, 0.4) is 0 Å². The Labute approximate surface area is 94.4 Å². The number of halogens is 1. The number of anilines is 1. The molecule has 0 saturated heterocycles. The highest BCUT2D eigenvalue weighted by atomic mass is 79.9. The summed E-state index contributed by atoms with van der Waals surface area (Å²) in [5.41, 5.74) is 1.35. The summed E-state index contributed by atoms with van der Waals surface area (Å²) in [7, 11) is 0. The first kappa shape index (κ1) is 10.2. The molecule has 4 nitrogen and oxygen atoms in total. The molecule has 0 unspecified atom stereocenters. The average molecular weight is 270 g/mol. The SMILES string of the molecule is O=C(O)C[C@]1(Br)C(=O)Nc2ccccc21. The normalized spacial score (nSPS) is 23.4. The predicted molar refractivity (Wildman–Crippen MR) is 57.9 cm³/mol. The van der Waals surface area contributed by atoms with Crippen molar-refractivity contribution in [3.63, 3.8) is 0 Å². The molecule has 15 heavy (non-hydrogen) atoms. The van der Waals surface area contributed by atoms with Crippen LogP contribution < -0.4 is 5.32 Å². The number of carbonyl (C=O) groups excluding carboxylic acids is 1. The summed E-state index contributed by atoms with van der Waals surface area (Å²) >= 11 is 3.22. The van der Waals surface area contributed by atoms with Gasteiger partial charge in [0.05, 0.1) is 6.42 Å². The van der Waals surface area contributed by atoms with E-state index in [1.54, 1.807) is 24.3 Å². The number of carbonyl (C=O) groups is 2. The van der Waals surface area contributed by atoms with Crippen LogP contribution in [0.2, 0.25) is 0 Å². The molecule has 0 fully saturated rings. The summed E-state index contributed by atoms with van der Waals surface area (Å²) in [5, 5.41) is 11.4. The maximum Gasteiger partial charge on any atom is 0.305 e. The summed E-state index contributed by atoms with van der Waals surface area (Å²) in [6.07, 6.45) is -0.268. The summed E-state index contributed by atoms with van der Waals surface area (Å²) in [6.45, 7) is 0. The maximum atomic E-state index is 11.7. The van der Waals surface area contributed by atoms with Crippen molar-refractivity contribution in [1.82, 2.24) is 0 Å². The third-order valence-electron chi connectivity index (χ3n) is 2.36. The lowest BCUT2D eigenvalue weighted by molar-refractivity contribution is -0.139. The lowest BCUT2D eigenvalue weighted by Crippen LogP contribution is -2.30. The molecule has 1 aromatic rings. The number of carboxylic acid groups (broad SMARTS) is 1. The number of fused-ring (bicyclic) bond motifs is 1. The Bertz CT molecular complexity index is 446. The number of alkyl halides is 1. The monoisotopic (exact) mass is 269 g/mol. The number of aliphatic carboxylic acids is 1. The predicted octanol–water partition coefficient (Wildman–Crippen LogP) is 1.70. The smallest absolute Gasteiger partial charge is 0.305 e. The fourth-order valence-electron chi connectivity index (χ4n) is 1.67. The quantitative estimate of drug-likeness (QED) is 0.804. The molecule has 0 spiro atoms. The van der Waals surface area contributed by atoms with Gasteiger partial charge in [0.1, 0.15) is 4.32 Å². The Morgan fingerprint density at radius 1 is 1.47 bits per heavy atom. The van der Waals surface area contributed by atoms with Crippen molar-refractivity contribution in [2.45, 2.75) is 10.7 Å². The van der Waals surface area contributed by atoms with Crippen molar-refractivity contribution in [3.05, 3.63) is 29.8 Å². The number of rotatable bonds is 2. The van der Waals surface area contributed by atoms with Gasteiger partial charge in [0.25, 0.3) is 0 Å². The van der Waals surface area contributed by atoms with Crippen molar-refractivity contribution >= 4 is 33.5 Å². The molecular formula is C10H8BrNO3. The highest BCUT2D eigenvalue weighted by Crippen LogP contribution is 2.44. The first-order valence-corrected chi connectivity index (χ1v) is 5.15. The summed E-state index contributed by atoms with van der Waals surface area (Å²) in [5.74, 6) is -1.34. The van der Waals surface area contributed by atoms with E-state index in [1.807, 2.05) is 0 Å². The minimum atomic E-state index is -1.13. The first-order chi connectivity index (χ1) is 7.04. The largest absolute Gasteiger partial charge is 0.481 e. The van der Waals surface area contributed by atoms with E-state index < -0.39 is 10.3 Å². The summed E-state index contributed by atoms with van der Waals surface area (Å²) < 4.78 is -1.13. The molecule has 1 aliphatic rings. The standard InChI is InChI=1S/C10H8BrNO3/c11-10(5-8(13)14)6-3-1-2-4-7(6)12-9(10)15/h1-4H,5H2,(H,12,15)(H,13,14)/t10-/m1/s1. The van der Waals surface area contributed by atoms with Gasteiger partial charge in [-0.1, -0.05) is 34.1 Å². The molecule has 0 aromatic heterocycles. The first-order valence-electron chi connectivity index (χ1n) is 4.36. The molecule has 0 aliphatic carbocycles. The lowest BCUT2D eigenvalue weighted by atomic mass is 9.97. The van der Waals surface area contributed by atoms with Gasteiger partial charge >= 0.3 is 5.97 Å². The third kappa shape index (κ3) is 1.52. The van der Waals surface area contributed by atoms with Crippen molar-refractivity contribution in [1.29, 1.82) is 0 Å². The van der Waals surface area contributed by atoms with Gasteiger partial charge in [-0.2, -0.15) is 0 Å². The molecule has 1 aromatic carbocycles. The molecule has 78 valence electrons. The van der Waals surface area contributed by atoms with E-state index in [0.717, 1.165) is 0 Å². The second-order valence-electron chi connectivity index (χ2n) is 3.37. The number of benzene rings is 1. The number of hydrogen-bond acceptors (Lipinski definition) is 2. The molecule has 1 amide bonds. The fourth-order valence-corrected chi connectivity index (χ4v) is 2.35. The molecule has 1 atom stereocenters. The zero-order valence-electron chi connectivity index (χ0n) is 7.66. The van der Waals surface area contributed by atoms with Gasteiger partial charge in [-0.15, -0.1) is 0 Å². The van der Waals surface area contributed by atoms with Crippen LogP contribution in [0.15, 0.2) is 24.3 Å². The molecule has 1 heterocycles. The van der Waals surface area contributed by atoms with E-state index in [1.165, 1.54) is 0 Å². The second-order valence-corrected chi connectivity index (χ2v) is 4.73. The number of amides is 1. The molecule has 0 saturated carbocycles. The summed E-state index contributed by atoms with van der Waals surface area (Å²) in [6, 6.07) is 7.05. The van der Waals surface area contributed by atoms with Crippen LogP contribution in [0.25, 0.3) is 0 Å². The Morgan fingerprint density at radius 2 is 2.13 bits per heavy atom. The minimum absolute atomic E-state index is 0.268. The van der Waals surface area contributed by atoms with E-state index in [2.05, 4.69) is 21.2 Å². The zero-order valence-corrected chi connectivity index (χ0v) is 9.24. The Balaban J connectivity index is 2.49. The van der Waals surface area contributed by atoms with Gasteiger partial charge in [0.15, 0.2) is 0 Å². The van der Waals surface area contributed by atoms with Gasteiger partial charge in [0.2, 0.25) is 5.91 Å². The second kappa shape index (κ2) is 3.34. The third-order valence-corrected chi connectivity index (χ3v) is 3.42. The number of para-hydroxylation sites is 1. The zero-order chi connectivity index (χ0) is 11.1. The van der Waals surface area contributed by atoms with E-state index in [9.17, 15) is 9.59 Å². The van der Waals surface area contributed by atoms with Crippen LogP contribution in [0.1, 0.15) is 12.0 Å². The van der Waals surface area contributed by atoms with Gasteiger partial charge < -0.3 is 10.4 Å². The van der Waals surface area contributed by atoms with E-state index in [0.29, 0.717) is 11.3 Å². The molecule has 0 radical (unpaired) electrons. The minimum Gasteiger partial charge on any atom is -0.481 e. The van der Waals surface area contributed by atoms with E-state index in [-0.39, 0.29) is 12.3 Å². The topological polar surface area (TPSA) is 66.4 Å². The maximum absolute atomic E-state index is 11.7. The molecule has 1 aliphatic heterocycles. The number of carboxylic acids is 1. The number of nitrogens with one attached hydrogen (secondary N) is 1. The molecule has 5 heteroatoms. The molecule has 2 rings (SSSR count). The fraction of sp³-hybridized carbons (Fsp3) is 0.200. The van der Waals surface area contributed by atoms with E-state index in [4.69, 9.17) is 5.11 Å². The van der Waals surface area contributed by atoms with Gasteiger partial charge in [0, 0.05) is 11.3 Å². The van der Waals surface area contributed by atoms with Crippen LogP contribution in [0.4, 0.5) is 5.69 Å². The Hall–Kier alpha value is -1.36. The van der Waals surface area contributed by atoms with Crippen LogP contribution in [-0.2, 0) is 13.9 Å². The van der Waals surface area contributed by atoms with Gasteiger partial charge in [-0.3, -0.25) is 9.59 Å². The van der Waals surface area contributed by atoms with Crippen molar-refractivity contribution in [2.24, 2.45) is 0 Å².